The topological polar surface area (TPSA) is 62.6 Å². The molecule has 3 aliphatic heterocycles. The maximum Gasteiger partial charge on any atom is 0.231 e. The number of carbonyl (C=O) groups excluding carboxylic acids is 1. The third-order valence-electron chi connectivity index (χ3n) is 4.08. The standard InChI is InChI=1S/C15H12N2O3/c16-7-11-10-6-14-13(19-8-20-14)5-9(10)3-4-17-12(11)1-2-15(17)18/h5-6H,1-4,8H2. The van der Waals surface area contributed by atoms with Gasteiger partial charge < -0.3 is 14.4 Å². The number of benzene rings is 1. The van der Waals surface area contributed by atoms with Gasteiger partial charge in [0.25, 0.3) is 0 Å². The highest BCUT2D eigenvalue weighted by atomic mass is 16.7. The fraction of sp³-hybridized carbons (Fsp3) is 0.333. The number of fused-ring (bicyclic) bond motifs is 3. The normalized spacial score (nSPS) is 19.6. The Bertz CT molecular complexity index is 700. The van der Waals surface area contributed by atoms with Crippen molar-refractivity contribution in [3.63, 3.8) is 0 Å². The average molecular weight is 268 g/mol. The van der Waals surface area contributed by atoms with E-state index in [1.165, 1.54) is 0 Å². The summed E-state index contributed by atoms with van der Waals surface area (Å²) in [6.45, 7) is 0.854. The van der Waals surface area contributed by atoms with Crippen molar-refractivity contribution in [2.75, 3.05) is 13.3 Å². The van der Waals surface area contributed by atoms with Gasteiger partial charge in [-0.1, -0.05) is 0 Å². The number of amides is 1. The van der Waals surface area contributed by atoms with Crippen LogP contribution in [0.5, 0.6) is 11.5 Å². The van der Waals surface area contributed by atoms with Crippen molar-refractivity contribution >= 4 is 11.5 Å². The van der Waals surface area contributed by atoms with E-state index in [0.717, 1.165) is 29.0 Å². The molecule has 0 N–H and O–H groups in total. The molecule has 5 heteroatoms. The fourth-order valence-corrected chi connectivity index (χ4v) is 3.10. The van der Waals surface area contributed by atoms with E-state index in [1.807, 2.05) is 12.1 Å². The maximum absolute atomic E-state index is 11.9. The van der Waals surface area contributed by atoms with Crippen molar-refractivity contribution in [1.82, 2.24) is 4.90 Å². The van der Waals surface area contributed by atoms with Crippen LogP contribution in [-0.4, -0.2) is 24.1 Å². The number of allylic oxidation sites excluding steroid dienone is 2. The summed E-state index contributed by atoms with van der Waals surface area (Å²) >= 11 is 0. The van der Waals surface area contributed by atoms with Crippen LogP contribution in [0.2, 0.25) is 0 Å². The Hall–Kier alpha value is -2.48. The molecule has 0 bridgehead atoms. The maximum atomic E-state index is 11.9. The van der Waals surface area contributed by atoms with Crippen LogP contribution in [0.3, 0.4) is 0 Å². The summed E-state index contributed by atoms with van der Waals surface area (Å²) < 4.78 is 10.8. The molecule has 0 spiro atoms. The van der Waals surface area contributed by atoms with Crippen molar-refractivity contribution in [3.05, 3.63) is 29.0 Å². The molecule has 5 nitrogen and oxygen atoms in total. The van der Waals surface area contributed by atoms with Gasteiger partial charge in [0.15, 0.2) is 11.5 Å². The Morgan fingerprint density at radius 2 is 1.95 bits per heavy atom. The Morgan fingerprint density at radius 1 is 1.15 bits per heavy atom. The van der Waals surface area contributed by atoms with Crippen molar-refractivity contribution in [1.29, 1.82) is 5.26 Å². The van der Waals surface area contributed by atoms with E-state index in [-0.39, 0.29) is 12.7 Å². The summed E-state index contributed by atoms with van der Waals surface area (Å²) in [6, 6.07) is 6.08. The Balaban J connectivity index is 1.93. The average Bonchev–Trinajstić information content (AvgIpc) is 3.00. The number of nitrogens with zero attached hydrogens (tertiary/aromatic N) is 2. The zero-order chi connectivity index (χ0) is 13.7. The lowest BCUT2D eigenvalue weighted by Crippen LogP contribution is -2.25. The number of rotatable bonds is 0. The lowest BCUT2D eigenvalue weighted by Gasteiger charge is -2.15. The molecule has 3 heterocycles. The van der Waals surface area contributed by atoms with Gasteiger partial charge in [-0.05, 0) is 30.5 Å². The molecule has 20 heavy (non-hydrogen) atoms. The van der Waals surface area contributed by atoms with E-state index in [4.69, 9.17) is 9.47 Å². The van der Waals surface area contributed by atoms with Gasteiger partial charge in [0.05, 0.1) is 5.57 Å². The largest absolute Gasteiger partial charge is 0.454 e. The second kappa shape index (κ2) is 4.01. The molecule has 1 aromatic rings. The molecular formula is C15H12N2O3. The molecule has 1 aromatic carbocycles. The summed E-state index contributed by atoms with van der Waals surface area (Å²) in [7, 11) is 0. The lowest BCUT2D eigenvalue weighted by atomic mass is 9.97. The molecule has 3 aliphatic rings. The van der Waals surface area contributed by atoms with E-state index in [0.29, 0.717) is 30.7 Å². The van der Waals surface area contributed by atoms with Gasteiger partial charge in [-0.15, -0.1) is 0 Å². The van der Waals surface area contributed by atoms with Crippen LogP contribution in [0.15, 0.2) is 17.8 Å². The zero-order valence-corrected chi connectivity index (χ0v) is 10.8. The molecule has 0 radical (unpaired) electrons. The molecule has 1 amide bonds. The molecule has 100 valence electrons. The fourth-order valence-electron chi connectivity index (χ4n) is 3.10. The minimum Gasteiger partial charge on any atom is -0.454 e. The number of hydrogen-bond donors (Lipinski definition) is 0. The van der Waals surface area contributed by atoms with Gasteiger partial charge in [0.1, 0.15) is 6.07 Å². The third-order valence-corrected chi connectivity index (χ3v) is 4.08. The Kier molecular flexibility index (Phi) is 2.27. The van der Waals surface area contributed by atoms with Gasteiger partial charge >= 0.3 is 0 Å². The smallest absolute Gasteiger partial charge is 0.231 e. The molecule has 0 aromatic heterocycles. The first-order valence-electron chi connectivity index (χ1n) is 6.64. The zero-order valence-electron chi connectivity index (χ0n) is 10.8. The molecule has 1 saturated heterocycles. The van der Waals surface area contributed by atoms with Crippen molar-refractivity contribution in [3.8, 4) is 17.6 Å². The first-order valence-corrected chi connectivity index (χ1v) is 6.64. The third kappa shape index (κ3) is 1.45. The summed E-state index contributed by atoms with van der Waals surface area (Å²) in [4.78, 5) is 13.7. The molecule has 1 fully saturated rings. The van der Waals surface area contributed by atoms with Gasteiger partial charge in [0, 0.05) is 24.2 Å². The summed E-state index contributed by atoms with van der Waals surface area (Å²) in [5.41, 5.74) is 3.38. The Labute approximate surface area is 116 Å². The first kappa shape index (κ1) is 11.4. The van der Waals surface area contributed by atoms with Crippen LogP contribution < -0.4 is 9.47 Å². The van der Waals surface area contributed by atoms with E-state index in [1.54, 1.807) is 4.90 Å². The highest BCUT2D eigenvalue weighted by Crippen LogP contribution is 2.41. The van der Waals surface area contributed by atoms with E-state index >= 15 is 0 Å². The monoisotopic (exact) mass is 268 g/mol. The molecule has 0 atom stereocenters. The highest BCUT2D eigenvalue weighted by molar-refractivity contribution is 5.90. The summed E-state index contributed by atoms with van der Waals surface area (Å²) in [5, 5.41) is 9.53. The van der Waals surface area contributed by atoms with Gasteiger partial charge in [0.2, 0.25) is 12.7 Å². The summed E-state index contributed by atoms with van der Waals surface area (Å²) in [5.74, 6) is 1.51. The van der Waals surface area contributed by atoms with Crippen LogP contribution in [0.25, 0.3) is 5.57 Å². The molecule has 0 aliphatic carbocycles. The Morgan fingerprint density at radius 3 is 2.75 bits per heavy atom. The van der Waals surface area contributed by atoms with Crippen LogP contribution >= 0.6 is 0 Å². The predicted octanol–water partition coefficient (Wildman–Crippen LogP) is 1.83. The van der Waals surface area contributed by atoms with E-state index in [2.05, 4.69) is 6.07 Å². The second-order valence-electron chi connectivity index (χ2n) is 5.09. The van der Waals surface area contributed by atoms with Crippen LogP contribution in [-0.2, 0) is 11.2 Å². The molecule has 4 rings (SSSR count). The summed E-state index contributed by atoms with van der Waals surface area (Å²) in [6.07, 6.45) is 1.88. The van der Waals surface area contributed by atoms with E-state index < -0.39 is 0 Å². The lowest BCUT2D eigenvalue weighted by molar-refractivity contribution is -0.126. The van der Waals surface area contributed by atoms with Crippen LogP contribution in [0.4, 0.5) is 0 Å². The first-order chi connectivity index (χ1) is 9.78. The molecule has 0 saturated carbocycles. The number of carbonyl (C=O) groups is 1. The quantitative estimate of drug-likeness (QED) is 0.720. The van der Waals surface area contributed by atoms with E-state index in [9.17, 15) is 10.1 Å². The number of hydrogen-bond acceptors (Lipinski definition) is 4. The predicted molar refractivity (Wildman–Crippen MR) is 69.7 cm³/mol. The second-order valence-corrected chi connectivity index (χ2v) is 5.09. The SMILES string of the molecule is N#CC1=C2CCC(=O)N2CCc2cc3c(cc21)OCO3. The number of ether oxygens (including phenoxy) is 2. The number of nitriles is 1. The van der Waals surface area contributed by atoms with Gasteiger partial charge in [-0.2, -0.15) is 5.26 Å². The molecule has 0 unspecified atom stereocenters. The van der Waals surface area contributed by atoms with Crippen molar-refractivity contribution in [2.45, 2.75) is 19.3 Å². The van der Waals surface area contributed by atoms with Crippen LogP contribution in [0, 0.1) is 11.3 Å². The van der Waals surface area contributed by atoms with Crippen molar-refractivity contribution in [2.24, 2.45) is 0 Å². The minimum atomic E-state index is 0.112. The highest BCUT2D eigenvalue weighted by Gasteiger charge is 2.32. The van der Waals surface area contributed by atoms with Gasteiger partial charge in [-0.3, -0.25) is 4.79 Å². The van der Waals surface area contributed by atoms with Crippen molar-refractivity contribution < 1.29 is 14.3 Å². The molecular weight excluding hydrogens is 256 g/mol. The minimum absolute atomic E-state index is 0.112. The van der Waals surface area contributed by atoms with Gasteiger partial charge in [-0.25, -0.2) is 0 Å². The van der Waals surface area contributed by atoms with Crippen LogP contribution in [0.1, 0.15) is 24.0 Å².